The first-order chi connectivity index (χ1) is 7.32. The average Bonchev–Trinajstić information content (AvgIpc) is 2.79. The van der Waals surface area contributed by atoms with E-state index >= 15 is 0 Å². The zero-order valence-corrected chi connectivity index (χ0v) is 10.5. The van der Waals surface area contributed by atoms with Gasteiger partial charge in [0.15, 0.2) is 0 Å². The van der Waals surface area contributed by atoms with Crippen LogP contribution in [0.25, 0.3) is 0 Å². The Hall–Kier alpha value is 0.0200. The van der Waals surface area contributed by atoms with Gasteiger partial charge in [0.2, 0.25) is 0 Å². The third kappa shape index (κ3) is 2.11. The summed E-state index contributed by atoms with van der Waals surface area (Å²) in [5.74, 6) is 2.70. The van der Waals surface area contributed by atoms with Gasteiger partial charge in [0.1, 0.15) is 6.29 Å². The Morgan fingerprint density at radius 1 is 1.33 bits per heavy atom. The first-order valence-electron chi connectivity index (χ1n) is 6.42. The summed E-state index contributed by atoms with van der Waals surface area (Å²) >= 11 is 1.95. The molecule has 3 unspecified atom stereocenters. The number of hydrogen-bond donors (Lipinski definition) is 0. The molecular formula is C13H22OS. The molecule has 2 fully saturated rings. The highest BCUT2D eigenvalue weighted by molar-refractivity contribution is 8.01. The van der Waals surface area contributed by atoms with Gasteiger partial charge < -0.3 is 4.79 Å². The van der Waals surface area contributed by atoms with Crippen molar-refractivity contribution in [2.75, 3.05) is 5.75 Å². The molecule has 2 aliphatic rings. The van der Waals surface area contributed by atoms with Crippen molar-refractivity contribution in [1.29, 1.82) is 0 Å². The molecule has 1 aliphatic heterocycles. The molecule has 2 rings (SSSR count). The zero-order valence-electron chi connectivity index (χ0n) is 9.71. The Balaban J connectivity index is 2.14. The molecular weight excluding hydrogens is 204 g/mol. The molecule has 0 aromatic rings. The molecule has 15 heavy (non-hydrogen) atoms. The maximum Gasteiger partial charge on any atom is 0.136 e. The van der Waals surface area contributed by atoms with Gasteiger partial charge in [-0.05, 0) is 36.9 Å². The van der Waals surface area contributed by atoms with Crippen molar-refractivity contribution >= 4 is 18.0 Å². The normalized spacial score (nSPS) is 41.7. The first-order valence-corrected chi connectivity index (χ1v) is 7.41. The van der Waals surface area contributed by atoms with Gasteiger partial charge in [0.05, 0.1) is 4.75 Å². The first kappa shape index (κ1) is 11.5. The Bertz CT molecular complexity index is 221. The molecule has 1 aliphatic carbocycles. The molecule has 0 amide bonds. The lowest BCUT2D eigenvalue weighted by molar-refractivity contribution is -0.112. The topological polar surface area (TPSA) is 17.1 Å². The molecule has 2 heteroatoms. The van der Waals surface area contributed by atoms with E-state index in [4.69, 9.17) is 0 Å². The van der Waals surface area contributed by atoms with Crippen LogP contribution in [0, 0.1) is 11.8 Å². The van der Waals surface area contributed by atoms with Crippen molar-refractivity contribution in [3.05, 3.63) is 0 Å². The van der Waals surface area contributed by atoms with Crippen LogP contribution in [-0.2, 0) is 4.79 Å². The molecule has 3 atom stereocenters. The van der Waals surface area contributed by atoms with Crippen LogP contribution in [0.3, 0.4) is 0 Å². The van der Waals surface area contributed by atoms with Gasteiger partial charge in [-0.2, -0.15) is 0 Å². The summed E-state index contributed by atoms with van der Waals surface area (Å²) in [6.07, 6.45) is 10.3. The average molecular weight is 226 g/mol. The van der Waals surface area contributed by atoms with E-state index in [1.165, 1.54) is 50.6 Å². The molecule has 0 spiro atoms. The zero-order chi connectivity index (χ0) is 10.7. The van der Waals surface area contributed by atoms with Crippen molar-refractivity contribution in [3.63, 3.8) is 0 Å². The predicted octanol–water partition coefficient (Wildman–Crippen LogP) is 3.67. The summed E-state index contributed by atoms with van der Waals surface area (Å²) in [6, 6.07) is 0. The van der Waals surface area contributed by atoms with E-state index in [0.29, 0.717) is 5.92 Å². The standard InChI is InChI=1S/C13H22OS/c1-2-11-6-3-4-7-12(11)13(10-14)8-5-9-15-13/h10-12H,2-9H2,1H3. The Kier molecular flexibility index (Phi) is 3.76. The van der Waals surface area contributed by atoms with Gasteiger partial charge in [-0.15, -0.1) is 11.8 Å². The minimum Gasteiger partial charge on any atom is -0.302 e. The largest absolute Gasteiger partial charge is 0.302 e. The highest BCUT2D eigenvalue weighted by atomic mass is 32.2. The van der Waals surface area contributed by atoms with Gasteiger partial charge in [-0.1, -0.05) is 32.6 Å². The second-order valence-corrected chi connectivity index (χ2v) is 6.54. The van der Waals surface area contributed by atoms with Crippen LogP contribution in [0.4, 0.5) is 0 Å². The summed E-state index contributed by atoms with van der Waals surface area (Å²) in [7, 11) is 0. The summed E-state index contributed by atoms with van der Waals surface area (Å²) in [5.41, 5.74) is 0. The second-order valence-electron chi connectivity index (χ2n) is 5.08. The van der Waals surface area contributed by atoms with Gasteiger partial charge in [-0.3, -0.25) is 0 Å². The summed E-state index contributed by atoms with van der Waals surface area (Å²) in [4.78, 5) is 11.5. The van der Waals surface area contributed by atoms with Gasteiger partial charge in [-0.25, -0.2) is 0 Å². The molecule has 0 bridgehead atoms. The van der Waals surface area contributed by atoms with Crippen molar-refractivity contribution in [1.82, 2.24) is 0 Å². The summed E-state index contributed by atoms with van der Waals surface area (Å²) in [5, 5.41) is 0. The Morgan fingerprint density at radius 2 is 2.13 bits per heavy atom. The highest BCUT2D eigenvalue weighted by Crippen LogP contribution is 2.50. The van der Waals surface area contributed by atoms with Gasteiger partial charge in [0, 0.05) is 0 Å². The lowest BCUT2D eigenvalue weighted by atomic mass is 9.70. The molecule has 1 heterocycles. The minimum absolute atomic E-state index is 0.0150. The molecule has 0 radical (unpaired) electrons. The molecule has 0 N–H and O–H groups in total. The lowest BCUT2D eigenvalue weighted by Crippen LogP contribution is -2.40. The quantitative estimate of drug-likeness (QED) is 0.683. The second kappa shape index (κ2) is 4.90. The third-order valence-corrected chi connectivity index (χ3v) is 5.98. The fourth-order valence-corrected chi connectivity index (χ4v) is 5.05. The Labute approximate surface area is 97.4 Å². The molecule has 1 saturated heterocycles. The highest BCUT2D eigenvalue weighted by Gasteiger charge is 2.45. The molecule has 0 aromatic carbocycles. The summed E-state index contributed by atoms with van der Waals surface area (Å²) < 4.78 is 0.0150. The molecule has 0 aromatic heterocycles. The molecule has 86 valence electrons. The van der Waals surface area contributed by atoms with Crippen molar-refractivity contribution in [2.24, 2.45) is 11.8 Å². The fraction of sp³-hybridized carbons (Fsp3) is 0.923. The van der Waals surface area contributed by atoms with Gasteiger partial charge >= 0.3 is 0 Å². The predicted molar refractivity (Wildman–Crippen MR) is 66.2 cm³/mol. The summed E-state index contributed by atoms with van der Waals surface area (Å²) in [6.45, 7) is 2.29. The fourth-order valence-electron chi connectivity index (χ4n) is 3.50. The van der Waals surface area contributed by atoms with E-state index in [1.807, 2.05) is 11.8 Å². The Morgan fingerprint density at radius 3 is 2.73 bits per heavy atom. The van der Waals surface area contributed by atoms with Crippen molar-refractivity contribution in [3.8, 4) is 0 Å². The number of carbonyl (C=O) groups excluding carboxylic acids is 1. The van der Waals surface area contributed by atoms with Crippen LogP contribution >= 0.6 is 11.8 Å². The lowest BCUT2D eigenvalue weighted by Gasteiger charge is -2.40. The number of thioether (sulfide) groups is 1. The van der Waals surface area contributed by atoms with Crippen LogP contribution in [0.5, 0.6) is 0 Å². The number of hydrogen-bond acceptors (Lipinski definition) is 2. The van der Waals surface area contributed by atoms with E-state index in [9.17, 15) is 4.79 Å². The van der Waals surface area contributed by atoms with Crippen molar-refractivity contribution in [2.45, 2.75) is 56.6 Å². The van der Waals surface area contributed by atoms with E-state index < -0.39 is 0 Å². The van der Waals surface area contributed by atoms with Crippen LogP contribution in [0.15, 0.2) is 0 Å². The van der Waals surface area contributed by atoms with Crippen LogP contribution in [-0.4, -0.2) is 16.8 Å². The maximum atomic E-state index is 11.5. The number of carbonyl (C=O) groups is 1. The monoisotopic (exact) mass is 226 g/mol. The SMILES string of the molecule is CCC1CCCCC1C1(C=O)CCCS1. The van der Waals surface area contributed by atoms with E-state index in [1.54, 1.807) is 0 Å². The third-order valence-electron chi connectivity index (χ3n) is 4.34. The van der Waals surface area contributed by atoms with Crippen LogP contribution in [0.1, 0.15) is 51.9 Å². The number of aldehydes is 1. The maximum absolute atomic E-state index is 11.5. The van der Waals surface area contributed by atoms with Crippen LogP contribution in [0.2, 0.25) is 0 Å². The van der Waals surface area contributed by atoms with Crippen LogP contribution < -0.4 is 0 Å². The minimum atomic E-state index is 0.0150. The number of rotatable bonds is 3. The van der Waals surface area contributed by atoms with E-state index in [2.05, 4.69) is 6.92 Å². The van der Waals surface area contributed by atoms with Gasteiger partial charge in [0.25, 0.3) is 0 Å². The van der Waals surface area contributed by atoms with E-state index in [0.717, 1.165) is 12.3 Å². The molecule has 1 saturated carbocycles. The molecule has 1 nitrogen and oxygen atoms in total. The smallest absolute Gasteiger partial charge is 0.136 e. The van der Waals surface area contributed by atoms with E-state index in [-0.39, 0.29) is 4.75 Å². The van der Waals surface area contributed by atoms with Crippen molar-refractivity contribution < 1.29 is 4.79 Å².